The number of hydrogen-bond acceptors (Lipinski definition) is 4. The summed E-state index contributed by atoms with van der Waals surface area (Å²) in [6, 6.07) is 15.5. The quantitative estimate of drug-likeness (QED) is 0.493. The number of aryl methyl sites for hydroxylation is 2. The van der Waals surface area contributed by atoms with Gasteiger partial charge in [-0.2, -0.15) is 0 Å². The minimum absolute atomic E-state index is 0.212. The van der Waals surface area contributed by atoms with Gasteiger partial charge in [-0.1, -0.05) is 29.8 Å². The van der Waals surface area contributed by atoms with E-state index < -0.39 is 10.0 Å². The Morgan fingerprint density at radius 3 is 2.29 bits per heavy atom. The number of anilines is 1. The van der Waals surface area contributed by atoms with Crippen LogP contribution in [0.2, 0.25) is 0 Å². The van der Waals surface area contributed by atoms with Crippen molar-refractivity contribution in [1.82, 2.24) is 15.0 Å². The molecule has 0 aliphatic heterocycles. The third-order valence-electron chi connectivity index (χ3n) is 4.47. The molecule has 4 aromatic rings. The normalized spacial score (nSPS) is 11.6. The molecule has 2 aromatic heterocycles. The molecule has 0 saturated heterocycles. The van der Waals surface area contributed by atoms with Crippen LogP contribution in [0.1, 0.15) is 11.3 Å². The van der Waals surface area contributed by atoms with Crippen LogP contribution in [-0.2, 0) is 10.0 Å². The highest BCUT2D eigenvalue weighted by molar-refractivity contribution is 7.92. The van der Waals surface area contributed by atoms with Crippen molar-refractivity contribution in [2.45, 2.75) is 18.7 Å². The third-order valence-corrected chi connectivity index (χ3v) is 5.87. The van der Waals surface area contributed by atoms with Crippen molar-refractivity contribution in [2.75, 3.05) is 4.72 Å². The summed E-state index contributed by atoms with van der Waals surface area (Å²) in [6.07, 6.45) is 0. The first-order valence-corrected chi connectivity index (χ1v) is 10.1. The van der Waals surface area contributed by atoms with Crippen molar-refractivity contribution in [3.05, 3.63) is 76.3 Å². The molecule has 0 aliphatic carbocycles. The van der Waals surface area contributed by atoms with E-state index in [9.17, 15) is 13.2 Å². The maximum absolute atomic E-state index is 12.5. The molecule has 142 valence electrons. The Balaban J connectivity index is 1.63. The summed E-state index contributed by atoms with van der Waals surface area (Å²) in [7, 11) is -3.65. The zero-order chi connectivity index (χ0) is 19.9. The fourth-order valence-corrected chi connectivity index (χ4v) is 4.06. The summed E-state index contributed by atoms with van der Waals surface area (Å²) in [5.41, 5.74) is 4.76. The SMILES string of the molecule is Cc1ccc(S(=O)(=O)Nc2ccc(-c3cc4[nH]c(=O)[nH]c4nc3C)cc2)cc1. The molecule has 2 aromatic carbocycles. The molecule has 0 radical (unpaired) electrons. The van der Waals surface area contributed by atoms with Gasteiger partial charge in [-0.3, -0.25) is 9.71 Å². The van der Waals surface area contributed by atoms with Crippen LogP contribution < -0.4 is 10.4 Å². The lowest BCUT2D eigenvalue weighted by Gasteiger charge is -2.10. The van der Waals surface area contributed by atoms with E-state index in [-0.39, 0.29) is 10.6 Å². The Hall–Kier alpha value is -3.39. The molecule has 8 heteroatoms. The predicted octanol–water partition coefficient (Wildman–Crippen LogP) is 3.34. The first-order valence-electron chi connectivity index (χ1n) is 8.61. The zero-order valence-electron chi connectivity index (χ0n) is 15.3. The minimum atomic E-state index is -3.65. The molecule has 28 heavy (non-hydrogen) atoms. The van der Waals surface area contributed by atoms with Crippen LogP contribution in [0, 0.1) is 13.8 Å². The van der Waals surface area contributed by atoms with Gasteiger partial charge < -0.3 is 4.98 Å². The largest absolute Gasteiger partial charge is 0.325 e. The number of nitrogens with zero attached hydrogens (tertiary/aromatic N) is 1. The number of aromatic nitrogens is 3. The maximum Gasteiger partial charge on any atom is 0.325 e. The average Bonchev–Trinajstić information content (AvgIpc) is 3.00. The molecule has 0 spiro atoms. The van der Waals surface area contributed by atoms with Gasteiger partial charge in [0.2, 0.25) is 0 Å². The number of H-pyrrole nitrogens is 2. The summed E-state index contributed by atoms with van der Waals surface area (Å²) < 4.78 is 27.6. The van der Waals surface area contributed by atoms with Crippen molar-refractivity contribution in [3.63, 3.8) is 0 Å². The van der Waals surface area contributed by atoms with E-state index >= 15 is 0 Å². The maximum atomic E-state index is 12.5. The molecule has 3 N–H and O–H groups in total. The molecule has 0 bridgehead atoms. The molecule has 7 nitrogen and oxygen atoms in total. The number of imidazole rings is 1. The van der Waals surface area contributed by atoms with Gasteiger partial charge in [0.1, 0.15) is 0 Å². The van der Waals surface area contributed by atoms with Crippen LogP contribution in [-0.4, -0.2) is 23.4 Å². The number of benzene rings is 2. The molecule has 0 fully saturated rings. The number of rotatable bonds is 4. The van der Waals surface area contributed by atoms with E-state index in [1.807, 2.05) is 32.0 Å². The second kappa shape index (κ2) is 6.65. The third kappa shape index (κ3) is 3.41. The monoisotopic (exact) mass is 394 g/mol. The standard InChI is InChI=1S/C20H18N4O3S/c1-12-3-9-16(10-4-12)28(26,27)24-15-7-5-14(6-8-15)17-11-18-19(21-13(17)2)23-20(25)22-18/h3-11,24H,1-2H3,(H2,21,22,23,25). The fourth-order valence-electron chi connectivity index (χ4n) is 3.00. The van der Waals surface area contributed by atoms with Crippen molar-refractivity contribution in [2.24, 2.45) is 0 Å². The van der Waals surface area contributed by atoms with Gasteiger partial charge in [0.15, 0.2) is 5.65 Å². The van der Waals surface area contributed by atoms with Crippen LogP contribution in [0.5, 0.6) is 0 Å². The van der Waals surface area contributed by atoms with Gasteiger partial charge in [-0.25, -0.2) is 18.2 Å². The topological polar surface area (TPSA) is 108 Å². The summed E-state index contributed by atoms with van der Waals surface area (Å²) >= 11 is 0. The summed E-state index contributed by atoms with van der Waals surface area (Å²) in [5, 5.41) is 0. The highest BCUT2D eigenvalue weighted by Gasteiger charge is 2.14. The Morgan fingerprint density at radius 2 is 1.61 bits per heavy atom. The van der Waals surface area contributed by atoms with E-state index in [1.165, 1.54) is 0 Å². The van der Waals surface area contributed by atoms with Gasteiger partial charge in [0.25, 0.3) is 10.0 Å². The van der Waals surface area contributed by atoms with Gasteiger partial charge in [-0.15, -0.1) is 0 Å². The van der Waals surface area contributed by atoms with E-state index in [0.717, 1.165) is 22.4 Å². The van der Waals surface area contributed by atoms with E-state index in [4.69, 9.17) is 0 Å². The van der Waals surface area contributed by atoms with E-state index in [0.29, 0.717) is 16.9 Å². The number of sulfonamides is 1. The lowest BCUT2D eigenvalue weighted by molar-refractivity contribution is 0.601. The summed E-state index contributed by atoms with van der Waals surface area (Å²) in [4.78, 5) is 21.4. The van der Waals surface area contributed by atoms with Crippen molar-refractivity contribution < 1.29 is 8.42 Å². The minimum Gasteiger partial charge on any atom is -0.304 e. The lowest BCUT2D eigenvalue weighted by atomic mass is 10.0. The molecule has 0 atom stereocenters. The second-order valence-corrected chi connectivity index (χ2v) is 8.27. The van der Waals surface area contributed by atoms with Gasteiger partial charge in [0.05, 0.1) is 10.4 Å². The van der Waals surface area contributed by atoms with Crippen molar-refractivity contribution in [3.8, 4) is 11.1 Å². The molecule has 0 saturated carbocycles. The number of nitrogens with one attached hydrogen (secondary N) is 3. The van der Waals surface area contributed by atoms with E-state index in [2.05, 4.69) is 19.7 Å². The first-order chi connectivity index (χ1) is 13.3. The lowest BCUT2D eigenvalue weighted by Crippen LogP contribution is -2.12. The number of fused-ring (bicyclic) bond motifs is 1. The van der Waals surface area contributed by atoms with Gasteiger partial charge >= 0.3 is 5.69 Å². The van der Waals surface area contributed by atoms with E-state index in [1.54, 1.807) is 36.4 Å². The Kier molecular flexibility index (Phi) is 4.27. The van der Waals surface area contributed by atoms with Crippen LogP contribution in [0.15, 0.2) is 64.3 Å². The fraction of sp³-hybridized carbons (Fsp3) is 0.100. The highest BCUT2D eigenvalue weighted by Crippen LogP contribution is 2.26. The molecular formula is C20H18N4O3S. The number of hydrogen-bond donors (Lipinski definition) is 3. The smallest absolute Gasteiger partial charge is 0.304 e. The molecule has 0 unspecified atom stereocenters. The Morgan fingerprint density at radius 1 is 0.929 bits per heavy atom. The second-order valence-electron chi connectivity index (χ2n) is 6.59. The number of aromatic amines is 2. The van der Waals surface area contributed by atoms with Gasteiger partial charge in [-0.05, 0) is 49.7 Å². The van der Waals surface area contributed by atoms with Gasteiger partial charge in [0, 0.05) is 16.9 Å². The van der Waals surface area contributed by atoms with Crippen molar-refractivity contribution in [1.29, 1.82) is 0 Å². The van der Waals surface area contributed by atoms with Crippen LogP contribution >= 0.6 is 0 Å². The summed E-state index contributed by atoms with van der Waals surface area (Å²) in [5.74, 6) is 0. The predicted molar refractivity (Wildman–Crippen MR) is 109 cm³/mol. The first kappa shape index (κ1) is 18.0. The van der Waals surface area contributed by atoms with Crippen LogP contribution in [0.3, 0.4) is 0 Å². The summed E-state index contributed by atoms with van der Waals surface area (Å²) in [6.45, 7) is 3.76. The molecule has 0 amide bonds. The van der Waals surface area contributed by atoms with Crippen molar-refractivity contribution >= 4 is 26.9 Å². The Labute approximate surface area is 161 Å². The van der Waals surface area contributed by atoms with Crippen LogP contribution in [0.4, 0.5) is 5.69 Å². The molecule has 4 rings (SSSR count). The Bertz CT molecular complexity index is 1320. The zero-order valence-corrected chi connectivity index (χ0v) is 16.1. The average molecular weight is 394 g/mol. The molecule has 0 aliphatic rings. The highest BCUT2D eigenvalue weighted by atomic mass is 32.2. The molecular weight excluding hydrogens is 376 g/mol. The van der Waals surface area contributed by atoms with Crippen LogP contribution in [0.25, 0.3) is 22.3 Å². The molecule has 2 heterocycles. The number of pyridine rings is 1.